The van der Waals surface area contributed by atoms with Gasteiger partial charge in [0.2, 0.25) is 0 Å². The van der Waals surface area contributed by atoms with Crippen molar-refractivity contribution in [3.05, 3.63) is 139 Å². The van der Waals surface area contributed by atoms with Crippen LogP contribution in [0.15, 0.2) is 94.5 Å². The molecule has 2 heterocycles. The molecule has 3 aromatic carbocycles. The quantitative estimate of drug-likeness (QED) is 0.338. The summed E-state index contributed by atoms with van der Waals surface area (Å²) in [6, 6.07) is 26.4. The van der Waals surface area contributed by atoms with E-state index in [9.17, 15) is 9.59 Å². The van der Waals surface area contributed by atoms with Crippen LogP contribution in [0, 0.1) is 13.8 Å². The first kappa shape index (κ1) is 23.7. The molecule has 0 aliphatic rings. The molecule has 0 aliphatic heterocycles. The SMILES string of the molecule is Cc1c(C(c2cccc(Cl)c2)c2c(C)n(C)n(-c3ccccc3)c2=O)c(=O)n(-c2ccccc2)n1C. The van der Waals surface area contributed by atoms with E-state index in [0.717, 1.165) is 28.3 Å². The maximum absolute atomic E-state index is 14.1. The lowest BCUT2D eigenvalue weighted by Gasteiger charge is -2.16. The van der Waals surface area contributed by atoms with Crippen LogP contribution in [0.5, 0.6) is 0 Å². The third-order valence-corrected chi connectivity index (χ3v) is 7.19. The lowest BCUT2D eigenvalue weighted by Crippen LogP contribution is -2.26. The van der Waals surface area contributed by atoms with Crippen molar-refractivity contribution in [3.8, 4) is 11.4 Å². The van der Waals surface area contributed by atoms with E-state index in [0.29, 0.717) is 16.1 Å². The molecule has 6 nitrogen and oxygen atoms in total. The second-order valence-electron chi connectivity index (χ2n) is 8.94. The summed E-state index contributed by atoms with van der Waals surface area (Å²) >= 11 is 6.41. The Bertz CT molecular complexity index is 1570. The maximum atomic E-state index is 14.1. The fraction of sp³-hybridized carbons (Fsp3) is 0.172. The van der Waals surface area contributed by atoms with Gasteiger partial charge in [-0.05, 0) is 55.8 Å². The third kappa shape index (κ3) is 3.74. The van der Waals surface area contributed by atoms with Gasteiger partial charge in [-0.1, -0.05) is 60.1 Å². The van der Waals surface area contributed by atoms with Crippen LogP contribution in [-0.2, 0) is 14.1 Å². The molecule has 0 N–H and O–H groups in total. The summed E-state index contributed by atoms with van der Waals surface area (Å²) in [6.07, 6.45) is 0. The van der Waals surface area contributed by atoms with Gasteiger partial charge in [-0.2, -0.15) is 0 Å². The Hall–Kier alpha value is -4.03. The minimum Gasteiger partial charge on any atom is -0.285 e. The summed E-state index contributed by atoms with van der Waals surface area (Å²) in [6.45, 7) is 3.84. The van der Waals surface area contributed by atoms with E-state index < -0.39 is 5.92 Å². The largest absolute Gasteiger partial charge is 0.285 e. The molecule has 0 saturated carbocycles. The van der Waals surface area contributed by atoms with Crippen LogP contribution in [-0.4, -0.2) is 18.7 Å². The Morgan fingerprint density at radius 3 is 1.50 bits per heavy atom. The maximum Gasteiger partial charge on any atom is 0.275 e. The van der Waals surface area contributed by atoms with E-state index in [4.69, 9.17) is 11.6 Å². The van der Waals surface area contributed by atoms with Crippen molar-refractivity contribution < 1.29 is 0 Å². The molecular formula is C29H27ClN4O2. The summed E-state index contributed by atoms with van der Waals surface area (Å²) < 4.78 is 6.99. The molecule has 0 bridgehead atoms. The zero-order valence-electron chi connectivity index (χ0n) is 20.6. The number of halogens is 1. The van der Waals surface area contributed by atoms with Crippen molar-refractivity contribution in [3.63, 3.8) is 0 Å². The highest BCUT2D eigenvalue weighted by Gasteiger charge is 2.32. The molecule has 2 aromatic heterocycles. The van der Waals surface area contributed by atoms with Crippen LogP contribution in [0.1, 0.15) is 34.0 Å². The first-order chi connectivity index (χ1) is 17.3. The van der Waals surface area contributed by atoms with Crippen molar-refractivity contribution >= 4 is 11.6 Å². The van der Waals surface area contributed by atoms with Crippen LogP contribution < -0.4 is 11.1 Å². The molecule has 0 saturated heterocycles. The van der Waals surface area contributed by atoms with Crippen LogP contribution >= 0.6 is 11.6 Å². The normalized spacial score (nSPS) is 11.4. The third-order valence-electron chi connectivity index (χ3n) is 6.96. The first-order valence-electron chi connectivity index (χ1n) is 11.7. The Morgan fingerprint density at radius 1 is 0.639 bits per heavy atom. The number of para-hydroxylation sites is 2. The standard InChI is InChI=1S/C29H27ClN4O2/c1-19-25(28(35)33(31(19)3)23-14-7-5-8-15-23)27(21-12-11-13-22(30)18-21)26-20(2)32(4)34(29(26)36)24-16-9-6-10-17-24/h5-18,27H,1-4H3. The van der Waals surface area contributed by atoms with Crippen LogP contribution in [0.2, 0.25) is 5.02 Å². The van der Waals surface area contributed by atoms with Gasteiger partial charge in [0.25, 0.3) is 11.1 Å². The zero-order chi connectivity index (χ0) is 25.6. The fourth-order valence-electron chi connectivity index (χ4n) is 5.01. The summed E-state index contributed by atoms with van der Waals surface area (Å²) in [7, 11) is 3.73. The van der Waals surface area contributed by atoms with Gasteiger partial charge in [0.05, 0.1) is 22.5 Å². The predicted molar refractivity (Wildman–Crippen MR) is 144 cm³/mol. The average Bonchev–Trinajstić information content (AvgIpc) is 3.24. The van der Waals surface area contributed by atoms with Crippen LogP contribution in [0.3, 0.4) is 0 Å². The minimum absolute atomic E-state index is 0.167. The summed E-state index contributed by atoms with van der Waals surface area (Å²) in [4.78, 5) is 28.1. The van der Waals surface area contributed by atoms with Gasteiger partial charge in [-0.25, -0.2) is 9.36 Å². The van der Waals surface area contributed by atoms with Crippen molar-refractivity contribution in [2.24, 2.45) is 14.1 Å². The van der Waals surface area contributed by atoms with Gasteiger partial charge >= 0.3 is 0 Å². The van der Waals surface area contributed by atoms with Crippen LogP contribution in [0.25, 0.3) is 11.4 Å². The second kappa shape index (κ2) is 9.21. The highest BCUT2D eigenvalue weighted by molar-refractivity contribution is 6.30. The van der Waals surface area contributed by atoms with E-state index in [1.807, 2.05) is 116 Å². The molecule has 0 amide bonds. The topological polar surface area (TPSA) is 53.9 Å². The van der Waals surface area contributed by atoms with Gasteiger partial charge in [-0.3, -0.25) is 19.0 Å². The molecular weight excluding hydrogens is 472 g/mol. The molecule has 0 atom stereocenters. The monoisotopic (exact) mass is 498 g/mol. The number of aromatic nitrogens is 4. The number of nitrogens with zero attached hydrogens (tertiary/aromatic N) is 4. The average molecular weight is 499 g/mol. The molecule has 36 heavy (non-hydrogen) atoms. The molecule has 7 heteroatoms. The number of hydrogen-bond acceptors (Lipinski definition) is 2. The van der Waals surface area contributed by atoms with E-state index in [1.54, 1.807) is 15.4 Å². The van der Waals surface area contributed by atoms with Gasteiger partial charge < -0.3 is 0 Å². The lowest BCUT2D eigenvalue weighted by atomic mass is 9.85. The van der Waals surface area contributed by atoms with Crippen molar-refractivity contribution in [2.45, 2.75) is 19.8 Å². The Balaban J connectivity index is 1.85. The van der Waals surface area contributed by atoms with E-state index in [1.165, 1.54) is 0 Å². The zero-order valence-corrected chi connectivity index (χ0v) is 21.4. The fourth-order valence-corrected chi connectivity index (χ4v) is 5.21. The second-order valence-corrected chi connectivity index (χ2v) is 9.37. The molecule has 0 fully saturated rings. The van der Waals surface area contributed by atoms with Crippen molar-refractivity contribution in [1.82, 2.24) is 18.7 Å². The summed E-state index contributed by atoms with van der Waals surface area (Å²) in [5.41, 5.74) is 4.64. The smallest absolute Gasteiger partial charge is 0.275 e. The van der Waals surface area contributed by atoms with E-state index >= 15 is 0 Å². The number of rotatable bonds is 5. The minimum atomic E-state index is -0.601. The predicted octanol–water partition coefficient (Wildman–Crippen LogP) is 5.12. The van der Waals surface area contributed by atoms with Gasteiger partial charge in [0.15, 0.2) is 0 Å². The number of hydrogen-bond donors (Lipinski definition) is 0. The Labute approximate surface area is 214 Å². The van der Waals surface area contributed by atoms with Crippen LogP contribution in [0.4, 0.5) is 0 Å². The highest BCUT2D eigenvalue weighted by atomic mass is 35.5. The molecule has 182 valence electrons. The lowest BCUT2D eigenvalue weighted by molar-refractivity contribution is 0.630. The summed E-state index contributed by atoms with van der Waals surface area (Å²) in [5, 5.41) is 0.548. The molecule has 0 unspecified atom stereocenters. The van der Waals surface area contributed by atoms with Crippen molar-refractivity contribution in [1.29, 1.82) is 0 Å². The van der Waals surface area contributed by atoms with E-state index in [2.05, 4.69) is 0 Å². The Morgan fingerprint density at radius 2 is 1.08 bits per heavy atom. The van der Waals surface area contributed by atoms with Gasteiger partial charge in [-0.15, -0.1) is 0 Å². The summed E-state index contributed by atoms with van der Waals surface area (Å²) in [5.74, 6) is -0.601. The molecule has 5 aromatic rings. The number of benzene rings is 3. The van der Waals surface area contributed by atoms with Crippen molar-refractivity contribution in [2.75, 3.05) is 0 Å². The molecule has 5 rings (SSSR count). The highest BCUT2D eigenvalue weighted by Crippen LogP contribution is 2.34. The first-order valence-corrected chi connectivity index (χ1v) is 12.1. The molecule has 0 aliphatic carbocycles. The molecule has 0 spiro atoms. The van der Waals surface area contributed by atoms with E-state index in [-0.39, 0.29) is 11.1 Å². The Kier molecular flexibility index (Phi) is 6.06. The molecule has 0 radical (unpaired) electrons. The van der Waals surface area contributed by atoms with Gasteiger partial charge in [0, 0.05) is 36.4 Å². The van der Waals surface area contributed by atoms with Gasteiger partial charge in [0.1, 0.15) is 0 Å².